The van der Waals surface area contributed by atoms with E-state index in [4.69, 9.17) is 5.73 Å². The largest absolute Gasteiger partial charge is 0.398 e. The van der Waals surface area contributed by atoms with Crippen LogP contribution in [0.5, 0.6) is 0 Å². The van der Waals surface area contributed by atoms with Crippen LogP contribution < -0.4 is 5.73 Å². The molecule has 94 valence electrons. The molecule has 0 unspecified atom stereocenters. The first kappa shape index (κ1) is 13.6. The fourth-order valence-corrected chi connectivity index (χ4v) is 1.69. The van der Waals surface area contributed by atoms with Gasteiger partial charge in [-0.15, -0.1) is 0 Å². The van der Waals surface area contributed by atoms with Crippen LogP contribution in [0.4, 0.5) is 5.69 Å². The van der Waals surface area contributed by atoms with E-state index in [1.54, 1.807) is 0 Å². The summed E-state index contributed by atoms with van der Waals surface area (Å²) in [4.78, 5) is 14.0. The monoisotopic (exact) mass is 234 g/mol. The van der Waals surface area contributed by atoms with Gasteiger partial charge in [-0.3, -0.25) is 4.79 Å². The Hall–Kier alpha value is -1.51. The number of benzene rings is 1. The molecule has 3 nitrogen and oxygen atoms in total. The number of carbonyl (C=O) groups is 1. The van der Waals surface area contributed by atoms with E-state index in [9.17, 15) is 4.79 Å². The lowest BCUT2D eigenvalue weighted by molar-refractivity contribution is -0.139. The highest BCUT2D eigenvalue weighted by Gasteiger charge is 2.26. The van der Waals surface area contributed by atoms with Gasteiger partial charge in [0.1, 0.15) is 0 Å². The molecule has 0 radical (unpaired) electrons. The summed E-state index contributed by atoms with van der Waals surface area (Å²) < 4.78 is 0. The van der Waals surface area contributed by atoms with Crippen LogP contribution in [0.1, 0.15) is 33.3 Å². The van der Waals surface area contributed by atoms with Gasteiger partial charge >= 0.3 is 0 Å². The van der Waals surface area contributed by atoms with Gasteiger partial charge in [0.2, 0.25) is 5.91 Å². The Morgan fingerprint density at radius 3 is 2.35 bits per heavy atom. The summed E-state index contributed by atoms with van der Waals surface area (Å²) >= 11 is 0. The minimum atomic E-state index is -0.348. The highest BCUT2D eigenvalue weighted by Crippen LogP contribution is 2.20. The Balaban J connectivity index is 2.85. The number of amides is 1. The number of anilines is 1. The Morgan fingerprint density at radius 2 is 1.88 bits per heavy atom. The molecule has 2 N–H and O–H groups in total. The van der Waals surface area contributed by atoms with Crippen molar-refractivity contribution < 1.29 is 4.79 Å². The molecule has 0 saturated carbocycles. The molecule has 0 aliphatic rings. The van der Waals surface area contributed by atoms with Crippen molar-refractivity contribution in [3.05, 3.63) is 29.8 Å². The molecule has 1 aromatic carbocycles. The second-order valence-electron chi connectivity index (χ2n) is 5.27. The van der Waals surface area contributed by atoms with Gasteiger partial charge in [0.05, 0.1) is 0 Å². The van der Waals surface area contributed by atoms with Crippen molar-refractivity contribution in [3.8, 4) is 0 Å². The molecular formula is C14H22N2O. The summed E-state index contributed by atoms with van der Waals surface area (Å²) in [6.45, 7) is 9.08. The maximum atomic E-state index is 12.2. The van der Waals surface area contributed by atoms with E-state index in [2.05, 4.69) is 0 Å². The molecule has 0 aromatic heterocycles. The molecule has 1 aromatic rings. The average molecular weight is 234 g/mol. The Morgan fingerprint density at radius 1 is 1.29 bits per heavy atom. The van der Waals surface area contributed by atoms with Gasteiger partial charge in [-0.05, 0) is 18.6 Å². The molecule has 1 amide bonds. The van der Waals surface area contributed by atoms with E-state index in [1.807, 2.05) is 56.9 Å². The topological polar surface area (TPSA) is 46.3 Å². The third-order valence-electron chi connectivity index (χ3n) is 2.73. The van der Waals surface area contributed by atoms with Crippen LogP contribution >= 0.6 is 0 Å². The van der Waals surface area contributed by atoms with Gasteiger partial charge in [-0.25, -0.2) is 0 Å². The van der Waals surface area contributed by atoms with E-state index in [-0.39, 0.29) is 11.3 Å². The molecule has 0 heterocycles. The van der Waals surface area contributed by atoms with Gasteiger partial charge in [0.25, 0.3) is 0 Å². The first-order valence-electron chi connectivity index (χ1n) is 5.99. The van der Waals surface area contributed by atoms with Gasteiger partial charge in [0.15, 0.2) is 0 Å². The van der Waals surface area contributed by atoms with Crippen molar-refractivity contribution in [1.29, 1.82) is 0 Å². The van der Waals surface area contributed by atoms with Crippen molar-refractivity contribution in [1.82, 2.24) is 4.90 Å². The van der Waals surface area contributed by atoms with Crippen molar-refractivity contribution in [2.75, 3.05) is 12.3 Å². The zero-order valence-corrected chi connectivity index (χ0v) is 11.2. The van der Waals surface area contributed by atoms with Crippen LogP contribution in [0.3, 0.4) is 0 Å². The predicted molar refractivity (Wildman–Crippen MR) is 71.4 cm³/mol. The van der Waals surface area contributed by atoms with E-state index in [0.29, 0.717) is 13.1 Å². The standard InChI is InChI=1S/C14H22N2O/c1-5-16(13(17)14(2,3)4)10-11-8-6-7-9-12(11)15/h6-9H,5,10,15H2,1-4H3. The van der Waals surface area contributed by atoms with Crippen LogP contribution in [0.2, 0.25) is 0 Å². The number of para-hydroxylation sites is 1. The normalized spacial score (nSPS) is 11.3. The summed E-state index contributed by atoms with van der Waals surface area (Å²) in [5.41, 5.74) is 7.30. The van der Waals surface area contributed by atoms with E-state index >= 15 is 0 Å². The molecule has 0 bridgehead atoms. The number of nitrogens with zero attached hydrogens (tertiary/aromatic N) is 1. The highest BCUT2D eigenvalue weighted by atomic mass is 16.2. The third kappa shape index (κ3) is 3.48. The Kier molecular flexibility index (Phi) is 4.16. The number of rotatable bonds is 3. The van der Waals surface area contributed by atoms with Crippen LogP contribution in [-0.4, -0.2) is 17.4 Å². The lowest BCUT2D eigenvalue weighted by Gasteiger charge is -2.29. The molecule has 1 rings (SSSR count). The molecule has 0 atom stereocenters. The second-order valence-corrected chi connectivity index (χ2v) is 5.27. The van der Waals surface area contributed by atoms with E-state index in [0.717, 1.165) is 11.3 Å². The third-order valence-corrected chi connectivity index (χ3v) is 2.73. The van der Waals surface area contributed by atoms with Crippen molar-refractivity contribution >= 4 is 11.6 Å². The van der Waals surface area contributed by atoms with Crippen molar-refractivity contribution in [3.63, 3.8) is 0 Å². The Labute approximate surface area is 104 Å². The summed E-state index contributed by atoms with van der Waals surface area (Å²) in [5.74, 6) is 0.156. The maximum Gasteiger partial charge on any atom is 0.228 e. The van der Waals surface area contributed by atoms with Crippen LogP contribution in [0, 0.1) is 5.41 Å². The van der Waals surface area contributed by atoms with Gasteiger partial charge in [-0.1, -0.05) is 39.0 Å². The van der Waals surface area contributed by atoms with Gasteiger partial charge in [-0.2, -0.15) is 0 Å². The smallest absolute Gasteiger partial charge is 0.228 e. The lowest BCUT2D eigenvalue weighted by Crippen LogP contribution is -2.39. The first-order chi connectivity index (χ1) is 7.86. The van der Waals surface area contributed by atoms with Crippen LogP contribution in [0.15, 0.2) is 24.3 Å². The second kappa shape index (κ2) is 5.21. The average Bonchev–Trinajstić information content (AvgIpc) is 2.26. The lowest BCUT2D eigenvalue weighted by atomic mass is 9.94. The predicted octanol–water partition coefficient (Wildman–Crippen LogP) is 2.66. The van der Waals surface area contributed by atoms with Gasteiger partial charge < -0.3 is 10.6 Å². The molecule has 3 heteroatoms. The zero-order valence-electron chi connectivity index (χ0n) is 11.2. The van der Waals surface area contributed by atoms with Crippen LogP contribution in [0.25, 0.3) is 0 Å². The first-order valence-corrected chi connectivity index (χ1v) is 5.99. The number of hydrogen-bond donors (Lipinski definition) is 1. The maximum absolute atomic E-state index is 12.2. The van der Waals surface area contributed by atoms with E-state index < -0.39 is 0 Å². The summed E-state index contributed by atoms with van der Waals surface area (Å²) in [6, 6.07) is 7.68. The zero-order chi connectivity index (χ0) is 13.1. The SMILES string of the molecule is CCN(Cc1ccccc1N)C(=O)C(C)(C)C. The number of nitrogens with two attached hydrogens (primary N) is 1. The minimum Gasteiger partial charge on any atom is -0.398 e. The van der Waals surface area contributed by atoms with Gasteiger partial charge in [0, 0.05) is 24.2 Å². The summed E-state index contributed by atoms with van der Waals surface area (Å²) in [7, 11) is 0. The number of nitrogen functional groups attached to an aromatic ring is 1. The Bertz CT molecular complexity index is 393. The van der Waals surface area contributed by atoms with Crippen molar-refractivity contribution in [2.45, 2.75) is 34.2 Å². The number of carbonyl (C=O) groups excluding carboxylic acids is 1. The fourth-order valence-electron chi connectivity index (χ4n) is 1.69. The molecule has 0 spiro atoms. The molecule has 0 aliphatic carbocycles. The molecule has 0 fully saturated rings. The van der Waals surface area contributed by atoms with Crippen LogP contribution in [-0.2, 0) is 11.3 Å². The molecule has 17 heavy (non-hydrogen) atoms. The number of hydrogen-bond acceptors (Lipinski definition) is 2. The molecule has 0 aliphatic heterocycles. The summed E-state index contributed by atoms with van der Waals surface area (Å²) in [5, 5.41) is 0. The molecular weight excluding hydrogens is 212 g/mol. The fraction of sp³-hybridized carbons (Fsp3) is 0.500. The van der Waals surface area contributed by atoms with Crippen molar-refractivity contribution in [2.24, 2.45) is 5.41 Å². The summed E-state index contributed by atoms with van der Waals surface area (Å²) in [6.07, 6.45) is 0. The quantitative estimate of drug-likeness (QED) is 0.817. The van der Waals surface area contributed by atoms with E-state index in [1.165, 1.54) is 0 Å². The highest BCUT2D eigenvalue weighted by molar-refractivity contribution is 5.81. The molecule has 0 saturated heterocycles. The minimum absolute atomic E-state index is 0.156.